The SMILES string of the molecule is Cc1cc(C)c(N2C=[N+](C(C)c3ccccc3O)CC2)c(C)c1.[Cl-]. The molecule has 0 aromatic heterocycles. The number of hydrogen-bond donors (Lipinski definition) is 1. The molecule has 2 aromatic rings. The second-order valence-electron chi connectivity index (χ2n) is 6.53. The predicted octanol–water partition coefficient (Wildman–Crippen LogP) is 0.943. The van der Waals surface area contributed by atoms with Crippen LogP contribution in [0.5, 0.6) is 5.75 Å². The van der Waals surface area contributed by atoms with Crippen molar-refractivity contribution in [2.24, 2.45) is 0 Å². The van der Waals surface area contributed by atoms with E-state index in [1.807, 2.05) is 18.2 Å². The molecule has 1 heterocycles. The van der Waals surface area contributed by atoms with Crippen molar-refractivity contribution < 1.29 is 22.1 Å². The van der Waals surface area contributed by atoms with Gasteiger partial charge in [0.1, 0.15) is 30.6 Å². The number of halogens is 1. The Morgan fingerprint density at radius 3 is 2.33 bits per heavy atom. The summed E-state index contributed by atoms with van der Waals surface area (Å²) in [6.45, 7) is 10.6. The van der Waals surface area contributed by atoms with Gasteiger partial charge in [0, 0.05) is 5.56 Å². The lowest BCUT2D eigenvalue weighted by molar-refractivity contribution is -0.555. The van der Waals surface area contributed by atoms with Gasteiger partial charge in [0.05, 0.1) is 0 Å². The van der Waals surface area contributed by atoms with Gasteiger partial charge in [-0.2, -0.15) is 0 Å². The van der Waals surface area contributed by atoms with E-state index < -0.39 is 0 Å². The molecule has 0 radical (unpaired) electrons. The van der Waals surface area contributed by atoms with Crippen molar-refractivity contribution in [2.75, 3.05) is 18.0 Å². The van der Waals surface area contributed by atoms with Gasteiger partial charge in [0.25, 0.3) is 0 Å². The Hall–Kier alpha value is -2.00. The highest BCUT2D eigenvalue weighted by atomic mass is 35.5. The Morgan fingerprint density at radius 2 is 1.71 bits per heavy atom. The number of hydrogen-bond acceptors (Lipinski definition) is 2. The van der Waals surface area contributed by atoms with Crippen molar-refractivity contribution in [1.82, 2.24) is 0 Å². The highest BCUT2D eigenvalue weighted by Gasteiger charge is 2.28. The highest BCUT2D eigenvalue weighted by molar-refractivity contribution is 5.81. The first-order valence-corrected chi connectivity index (χ1v) is 8.20. The summed E-state index contributed by atoms with van der Waals surface area (Å²) in [7, 11) is 0. The van der Waals surface area contributed by atoms with E-state index in [2.05, 4.69) is 55.6 Å². The lowest BCUT2D eigenvalue weighted by Crippen LogP contribution is -3.00. The van der Waals surface area contributed by atoms with E-state index in [0.717, 1.165) is 18.7 Å². The molecular formula is C20H25ClN2O. The van der Waals surface area contributed by atoms with Crippen LogP contribution in [0.15, 0.2) is 36.4 Å². The van der Waals surface area contributed by atoms with E-state index in [4.69, 9.17) is 0 Å². The number of phenols is 1. The number of benzene rings is 2. The first-order chi connectivity index (χ1) is 11.0. The van der Waals surface area contributed by atoms with Crippen molar-refractivity contribution in [3.8, 4) is 5.75 Å². The minimum absolute atomic E-state index is 0. The number of phenolic OH excluding ortho intramolecular Hbond substituents is 1. The largest absolute Gasteiger partial charge is 1.00 e. The van der Waals surface area contributed by atoms with Crippen LogP contribution in [0.25, 0.3) is 0 Å². The fraction of sp³-hybridized carbons (Fsp3) is 0.350. The molecule has 0 saturated carbocycles. The molecular weight excluding hydrogens is 320 g/mol. The minimum atomic E-state index is 0. The van der Waals surface area contributed by atoms with Gasteiger partial charge in [-0.05, 0) is 44.9 Å². The molecule has 0 amide bonds. The zero-order chi connectivity index (χ0) is 16.6. The summed E-state index contributed by atoms with van der Waals surface area (Å²) < 4.78 is 2.30. The maximum atomic E-state index is 10.1. The quantitative estimate of drug-likeness (QED) is 0.839. The number of aryl methyl sites for hydroxylation is 3. The van der Waals surface area contributed by atoms with Gasteiger partial charge in [0.2, 0.25) is 6.34 Å². The van der Waals surface area contributed by atoms with Crippen LogP contribution < -0.4 is 17.3 Å². The molecule has 0 spiro atoms. The third kappa shape index (κ3) is 3.41. The van der Waals surface area contributed by atoms with E-state index in [1.165, 1.54) is 22.4 Å². The average molecular weight is 345 g/mol. The molecule has 2 aromatic carbocycles. The topological polar surface area (TPSA) is 26.5 Å². The molecule has 3 nitrogen and oxygen atoms in total. The van der Waals surface area contributed by atoms with Gasteiger partial charge in [-0.3, -0.25) is 4.58 Å². The Balaban J connectivity index is 0.00000208. The summed E-state index contributed by atoms with van der Waals surface area (Å²) in [6, 6.07) is 12.2. The molecule has 128 valence electrons. The van der Waals surface area contributed by atoms with Crippen LogP contribution in [-0.4, -0.2) is 29.1 Å². The first kappa shape index (κ1) is 18.3. The third-order valence-electron chi connectivity index (χ3n) is 4.69. The summed E-state index contributed by atoms with van der Waals surface area (Å²) >= 11 is 0. The van der Waals surface area contributed by atoms with Gasteiger partial charge >= 0.3 is 0 Å². The van der Waals surface area contributed by atoms with E-state index in [9.17, 15) is 5.11 Å². The van der Waals surface area contributed by atoms with Gasteiger partial charge in [-0.15, -0.1) is 0 Å². The van der Waals surface area contributed by atoms with Gasteiger partial charge in [-0.25, -0.2) is 4.90 Å². The van der Waals surface area contributed by atoms with Crippen LogP contribution in [-0.2, 0) is 0 Å². The maximum Gasteiger partial charge on any atom is 0.240 e. The molecule has 0 bridgehead atoms. The summed E-state index contributed by atoms with van der Waals surface area (Å²) in [5.41, 5.74) is 6.22. The molecule has 3 rings (SSSR count). The monoisotopic (exact) mass is 344 g/mol. The van der Waals surface area contributed by atoms with Crippen LogP contribution >= 0.6 is 0 Å². The number of rotatable bonds is 3. The zero-order valence-electron chi connectivity index (χ0n) is 14.8. The molecule has 0 fully saturated rings. The predicted molar refractivity (Wildman–Crippen MR) is 95.7 cm³/mol. The van der Waals surface area contributed by atoms with Crippen LogP contribution in [0, 0.1) is 20.8 Å². The minimum Gasteiger partial charge on any atom is -1.00 e. The number of anilines is 1. The molecule has 1 N–H and O–H groups in total. The second-order valence-corrected chi connectivity index (χ2v) is 6.53. The van der Waals surface area contributed by atoms with Crippen LogP contribution in [0.2, 0.25) is 0 Å². The average Bonchev–Trinajstić information content (AvgIpc) is 2.95. The Labute approximate surface area is 150 Å². The fourth-order valence-corrected chi connectivity index (χ4v) is 3.63. The first-order valence-electron chi connectivity index (χ1n) is 8.20. The summed E-state index contributed by atoms with van der Waals surface area (Å²) in [4.78, 5) is 2.33. The van der Waals surface area contributed by atoms with E-state index in [0.29, 0.717) is 5.75 Å². The zero-order valence-corrected chi connectivity index (χ0v) is 15.5. The summed E-state index contributed by atoms with van der Waals surface area (Å²) in [6.07, 6.45) is 2.20. The maximum absolute atomic E-state index is 10.1. The second kappa shape index (κ2) is 7.27. The van der Waals surface area contributed by atoms with Gasteiger partial charge in [0.15, 0.2) is 0 Å². The molecule has 4 heteroatoms. The van der Waals surface area contributed by atoms with E-state index >= 15 is 0 Å². The summed E-state index contributed by atoms with van der Waals surface area (Å²) in [5, 5.41) is 10.1. The van der Waals surface area contributed by atoms with E-state index in [-0.39, 0.29) is 18.4 Å². The van der Waals surface area contributed by atoms with Crippen LogP contribution in [0.1, 0.15) is 35.2 Å². The lowest BCUT2D eigenvalue weighted by atomic mass is 10.0. The molecule has 1 aliphatic heterocycles. The summed E-state index contributed by atoms with van der Waals surface area (Å²) in [5.74, 6) is 0.370. The van der Waals surface area contributed by atoms with Crippen LogP contribution in [0.4, 0.5) is 5.69 Å². The number of aromatic hydroxyl groups is 1. The smallest absolute Gasteiger partial charge is 0.240 e. The fourth-order valence-electron chi connectivity index (χ4n) is 3.63. The molecule has 24 heavy (non-hydrogen) atoms. The molecule has 1 unspecified atom stereocenters. The molecule has 1 atom stereocenters. The van der Waals surface area contributed by atoms with Crippen molar-refractivity contribution in [3.63, 3.8) is 0 Å². The molecule has 0 saturated heterocycles. The Kier molecular flexibility index (Phi) is 5.55. The van der Waals surface area contributed by atoms with Gasteiger partial charge in [-0.1, -0.05) is 35.9 Å². The number of para-hydroxylation sites is 1. The normalized spacial score (nSPS) is 15.0. The Bertz CT molecular complexity index is 747. The standard InChI is InChI=1S/C20H24N2O.ClH/c1-14-11-15(2)20(16(3)12-14)22-10-9-21(13-22)17(4)18-7-5-6-8-19(18)23;/h5-8,11-13,17H,9-10H2,1-4H3;1H. The number of nitrogens with zero attached hydrogens (tertiary/aromatic N) is 2. The van der Waals surface area contributed by atoms with Crippen molar-refractivity contribution >= 4 is 12.0 Å². The van der Waals surface area contributed by atoms with E-state index in [1.54, 1.807) is 6.07 Å². The van der Waals surface area contributed by atoms with Crippen molar-refractivity contribution in [2.45, 2.75) is 33.7 Å². The highest BCUT2D eigenvalue weighted by Crippen LogP contribution is 2.30. The van der Waals surface area contributed by atoms with Gasteiger partial charge < -0.3 is 17.5 Å². The van der Waals surface area contributed by atoms with Crippen molar-refractivity contribution in [1.29, 1.82) is 0 Å². The van der Waals surface area contributed by atoms with Crippen LogP contribution in [0.3, 0.4) is 0 Å². The Morgan fingerprint density at radius 1 is 1.08 bits per heavy atom. The third-order valence-corrected chi connectivity index (χ3v) is 4.69. The lowest BCUT2D eigenvalue weighted by Gasteiger charge is -2.14. The molecule has 1 aliphatic rings. The van der Waals surface area contributed by atoms with Crippen molar-refractivity contribution in [3.05, 3.63) is 58.7 Å². The molecule has 0 aliphatic carbocycles.